The van der Waals surface area contributed by atoms with Crippen molar-refractivity contribution in [1.29, 1.82) is 0 Å². The van der Waals surface area contributed by atoms with Crippen LogP contribution < -0.4 is 15.2 Å². The molecule has 3 aromatic rings. The lowest BCUT2D eigenvalue weighted by Gasteiger charge is -2.35. The lowest BCUT2D eigenvalue weighted by Crippen LogP contribution is -2.52. The fourth-order valence-corrected chi connectivity index (χ4v) is 5.77. The number of rotatable bonds is 4. The molecule has 2 aromatic carbocycles. The van der Waals surface area contributed by atoms with Gasteiger partial charge < -0.3 is 18.8 Å². The van der Waals surface area contributed by atoms with Crippen molar-refractivity contribution in [2.24, 2.45) is 0 Å². The molecule has 5 rings (SSSR count). The first kappa shape index (κ1) is 22.5. The smallest absolute Gasteiger partial charge is 0.420 e. The van der Waals surface area contributed by atoms with Crippen molar-refractivity contribution in [2.75, 3.05) is 39.4 Å². The summed E-state index contributed by atoms with van der Waals surface area (Å²) in [4.78, 5) is 27.2. The van der Waals surface area contributed by atoms with Crippen LogP contribution in [0.1, 0.15) is 19.4 Å². The number of hydrogen-bond acceptors (Lipinski definition) is 7. The molecule has 0 spiro atoms. The van der Waals surface area contributed by atoms with E-state index >= 15 is 0 Å². The average molecular weight is 488 g/mol. The van der Waals surface area contributed by atoms with Crippen LogP contribution in [0.15, 0.2) is 56.6 Å². The van der Waals surface area contributed by atoms with Crippen molar-refractivity contribution in [3.63, 3.8) is 0 Å². The van der Waals surface area contributed by atoms with E-state index in [0.717, 1.165) is 6.42 Å². The highest BCUT2D eigenvalue weighted by atomic mass is 32.2. The number of amides is 1. The van der Waals surface area contributed by atoms with E-state index < -0.39 is 21.8 Å². The Hall–Kier alpha value is -3.31. The summed E-state index contributed by atoms with van der Waals surface area (Å²) in [6.07, 6.45) is 0.728. The molecular weight excluding hydrogens is 462 g/mol. The molecule has 2 aliphatic heterocycles. The monoisotopic (exact) mass is 487 g/mol. The van der Waals surface area contributed by atoms with Crippen molar-refractivity contribution >= 4 is 27.0 Å². The number of hydrogen-bond donors (Lipinski definition) is 0. The largest absolute Gasteiger partial charge is 0.490 e. The zero-order chi connectivity index (χ0) is 23.9. The Balaban J connectivity index is 1.29. The van der Waals surface area contributed by atoms with Crippen molar-refractivity contribution in [2.45, 2.75) is 24.3 Å². The van der Waals surface area contributed by atoms with E-state index in [1.54, 1.807) is 42.2 Å². The quantitative estimate of drug-likeness (QED) is 0.552. The van der Waals surface area contributed by atoms with E-state index in [0.29, 0.717) is 35.8 Å². The second-order valence-corrected chi connectivity index (χ2v) is 10.2. The number of aromatic nitrogens is 1. The average Bonchev–Trinajstić information content (AvgIpc) is 3.01. The number of benzene rings is 2. The minimum atomic E-state index is -3.77. The minimum absolute atomic E-state index is 0.126. The van der Waals surface area contributed by atoms with Gasteiger partial charge in [-0.3, -0.25) is 9.36 Å². The summed E-state index contributed by atoms with van der Waals surface area (Å²) in [6, 6.07) is 10.8. The van der Waals surface area contributed by atoms with Gasteiger partial charge in [0.2, 0.25) is 15.9 Å². The Morgan fingerprint density at radius 2 is 1.68 bits per heavy atom. The Bertz CT molecular complexity index is 1390. The van der Waals surface area contributed by atoms with Gasteiger partial charge in [0.15, 0.2) is 17.1 Å². The first-order chi connectivity index (χ1) is 16.4. The molecule has 2 aliphatic rings. The van der Waals surface area contributed by atoms with Crippen molar-refractivity contribution in [3.8, 4) is 11.5 Å². The summed E-state index contributed by atoms with van der Waals surface area (Å²) < 4.78 is 45.6. The van der Waals surface area contributed by atoms with Crippen molar-refractivity contribution < 1.29 is 27.1 Å². The zero-order valence-electron chi connectivity index (χ0n) is 18.7. The summed E-state index contributed by atoms with van der Waals surface area (Å²) in [6.45, 7) is 3.37. The molecule has 1 fully saturated rings. The highest BCUT2D eigenvalue weighted by molar-refractivity contribution is 7.89. The number of oxazole rings is 1. The summed E-state index contributed by atoms with van der Waals surface area (Å²) in [5.41, 5.74) is 0.960. The molecule has 1 atom stereocenters. The van der Waals surface area contributed by atoms with Gasteiger partial charge in [-0.1, -0.05) is 12.1 Å². The van der Waals surface area contributed by atoms with Gasteiger partial charge in [0.05, 0.1) is 23.6 Å². The third-order valence-corrected chi connectivity index (χ3v) is 8.07. The maximum atomic E-state index is 13.2. The van der Waals surface area contributed by atoms with Crippen LogP contribution in [0, 0.1) is 0 Å². The molecule has 0 radical (unpaired) electrons. The number of fused-ring (bicyclic) bond motifs is 2. The molecular formula is C23H25N3O7S. The number of ether oxygens (including phenoxy) is 2. The van der Waals surface area contributed by atoms with Gasteiger partial charge in [0.25, 0.3) is 0 Å². The number of carbonyl (C=O) groups excluding carboxylic acids is 1. The van der Waals surface area contributed by atoms with E-state index in [1.165, 1.54) is 21.0 Å². The molecule has 1 saturated heterocycles. The van der Waals surface area contributed by atoms with Crippen LogP contribution in [0.3, 0.4) is 0 Å². The van der Waals surface area contributed by atoms with E-state index in [2.05, 4.69) is 0 Å². The number of sulfonamides is 1. The Kier molecular flexibility index (Phi) is 5.82. The van der Waals surface area contributed by atoms with Gasteiger partial charge in [-0.05, 0) is 31.2 Å². The molecule has 1 amide bonds. The van der Waals surface area contributed by atoms with Gasteiger partial charge in [-0.25, -0.2) is 13.2 Å². The van der Waals surface area contributed by atoms with Crippen LogP contribution in [-0.4, -0.2) is 67.5 Å². The number of nitrogens with zero attached hydrogens (tertiary/aromatic N) is 3. The summed E-state index contributed by atoms with van der Waals surface area (Å²) in [5.74, 6) is 0.0841. The third-order valence-electron chi connectivity index (χ3n) is 6.17. The van der Waals surface area contributed by atoms with E-state index in [-0.39, 0.29) is 37.0 Å². The Morgan fingerprint density at radius 3 is 2.44 bits per heavy atom. The second kappa shape index (κ2) is 8.80. The van der Waals surface area contributed by atoms with Crippen molar-refractivity contribution in [1.82, 2.24) is 13.8 Å². The fourth-order valence-electron chi connectivity index (χ4n) is 4.33. The van der Waals surface area contributed by atoms with Crippen LogP contribution >= 0.6 is 0 Å². The number of piperazine rings is 1. The van der Waals surface area contributed by atoms with E-state index in [4.69, 9.17) is 13.9 Å². The molecule has 0 saturated carbocycles. The maximum Gasteiger partial charge on any atom is 0.420 e. The topological polar surface area (TPSA) is 111 Å². The third kappa shape index (κ3) is 3.94. The standard InChI is InChI=1S/C23H25N3O7S/c1-16(26-18-5-2-3-6-19(18)33-23(26)28)22(27)24-9-11-25(12-10-24)34(29,30)17-7-8-20-21(15-17)32-14-4-13-31-20/h2-3,5-8,15-16H,4,9-14H2,1H3/t16-/m1/s1. The van der Waals surface area contributed by atoms with Gasteiger partial charge in [-0.2, -0.15) is 4.31 Å². The summed E-state index contributed by atoms with van der Waals surface area (Å²) >= 11 is 0. The molecule has 0 unspecified atom stereocenters. The molecule has 0 bridgehead atoms. The molecule has 34 heavy (non-hydrogen) atoms. The van der Waals surface area contributed by atoms with E-state index in [9.17, 15) is 18.0 Å². The van der Waals surface area contributed by atoms with Gasteiger partial charge in [0.1, 0.15) is 6.04 Å². The van der Waals surface area contributed by atoms with Crippen LogP contribution in [0.4, 0.5) is 0 Å². The molecule has 0 N–H and O–H groups in total. The van der Waals surface area contributed by atoms with E-state index in [1.807, 2.05) is 0 Å². The first-order valence-corrected chi connectivity index (χ1v) is 12.6. The SMILES string of the molecule is C[C@H](C(=O)N1CCN(S(=O)(=O)c2ccc3c(c2)OCCCO3)CC1)n1c(=O)oc2ccccc21. The maximum absolute atomic E-state index is 13.2. The summed E-state index contributed by atoms with van der Waals surface area (Å²) in [7, 11) is -3.77. The minimum Gasteiger partial charge on any atom is -0.490 e. The molecule has 0 aliphatic carbocycles. The predicted molar refractivity (Wildman–Crippen MR) is 123 cm³/mol. The van der Waals surface area contributed by atoms with Gasteiger partial charge in [-0.15, -0.1) is 0 Å². The number of para-hydroxylation sites is 2. The molecule has 180 valence electrons. The van der Waals surface area contributed by atoms with Crippen molar-refractivity contribution in [3.05, 3.63) is 53.0 Å². The highest BCUT2D eigenvalue weighted by Crippen LogP contribution is 2.33. The number of carbonyl (C=O) groups is 1. The predicted octanol–water partition coefficient (Wildman–Crippen LogP) is 1.85. The van der Waals surface area contributed by atoms with Crippen LogP contribution in [-0.2, 0) is 14.8 Å². The van der Waals surface area contributed by atoms with Crippen LogP contribution in [0.2, 0.25) is 0 Å². The fraction of sp³-hybridized carbons (Fsp3) is 0.391. The first-order valence-electron chi connectivity index (χ1n) is 11.1. The lowest BCUT2D eigenvalue weighted by atomic mass is 10.2. The molecule has 10 nitrogen and oxygen atoms in total. The van der Waals surface area contributed by atoms with Crippen LogP contribution in [0.5, 0.6) is 11.5 Å². The van der Waals surface area contributed by atoms with Gasteiger partial charge >= 0.3 is 5.76 Å². The highest BCUT2D eigenvalue weighted by Gasteiger charge is 2.33. The Morgan fingerprint density at radius 1 is 0.971 bits per heavy atom. The van der Waals surface area contributed by atoms with Crippen LogP contribution in [0.25, 0.3) is 11.1 Å². The molecule has 11 heteroatoms. The Labute approximate surface area is 196 Å². The normalized spacial score (nSPS) is 18.0. The second-order valence-electron chi connectivity index (χ2n) is 8.27. The van der Waals surface area contributed by atoms with Gasteiger partial charge in [0, 0.05) is 38.7 Å². The molecule has 3 heterocycles. The molecule has 1 aromatic heterocycles. The summed E-state index contributed by atoms with van der Waals surface area (Å²) in [5, 5.41) is 0. The lowest BCUT2D eigenvalue weighted by molar-refractivity contribution is -0.135. The zero-order valence-corrected chi connectivity index (χ0v) is 19.5.